The van der Waals surface area contributed by atoms with Crippen molar-refractivity contribution >= 4 is 11.6 Å². The number of rotatable bonds is 1. The summed E-state index contributed by atoms with van der Waals surface area (Å²) >= 11 is 0. The number of nitrogens with two attached hydrogens (primary N) is 1. The third-order valence-electron chi connectivity index (χ3n) is 1.42. The van der Waals surface area contributed by atoms with Gasteiger partial charge in [0.2, 0.25) is 5.91 Å². The van der Waals surface area contributed by atoms with Crippen molar-refractivity contribution in [1.29, 1.82) is 0 Å². The second kappa shape index (κ2) is 3.22. The fourth-order valence-corrected chi connectivity index (χ4v) is 0.897. The number of carbonyl (C=O) groups excluding carboxylic acids is 1. The maximum Gasteiger partial charge on any atom is 0.277 e. The van der Waals surface area contributed by atoms with Crippen LogP contribution in [-0.2, 0) is 4.79 Å². The molecule has 2 aliphatic rings. The van der Waals surface area contributed by atoms with Gasteiger partial charge in [0.25, 0.3) is 5.69 Å². The lowest BCUT2D eigenvalue weighted by atomic mass is 10.5. The predicted octanol–water partition coefficient (Wildman–Crippen LogP) is 1.07. The second-order valence-corrected chi connectivity index (χ2v) is 2.60. The molecule has 2 rings (SSSR count). The van der Waals surface area contributed by atoms with Crippen molar-refractivity contribution in [3.05, 3.63) is 28.3 Å². The van der Waals surface area contributed by atoms with Crippen LogP contribution in [0.25, 0.3) is 11.1 Å². The van der Waals surface area contributed by atoms with Gasteiger partial charge in [-0.25, -0.2) is 0 Å². The number of hydrogen-bond acceptors (Lipinski definition) is 3. The summed E-state index contributed by atoms with van der Waals surface area (Å²) in [5, 5.41) is 10.1. The van der Waals surface area contributed by atoms with Gasteiger partial charge in [0.15, 0.2) is 0 Å². The highest BCUT2D eigenvalue weighted by molar-refractivity contribution is 5.89. The summed E-state index contributed by atoms with van der Waals surface area (Å²) in [6, 6.07) is 5.09. The minimum Gasteiger partial charge on any atom is -0.370 e. The molecule has 0 saturated carbocycles. The molecule has 0 aliphatic heterocycles. The van der Waals surface area contributed by atoms with Crippen LogP contribution in [0.1, 0.15) is 6.92 Å². The Morgan fingerprint density at radius 3 is 2.23 bits per heavy atom. The van der Waals surface area contributed by atoms with E-state index in [0.29, 0.717) is 0 Å². The van der Waals surface area contributed by atoms with Crippen molar-refractivity contribution in [1.82, 2.24) is 0 Å². The first-order valence-corrected chi connectivity index (χ1v) is 3.57. The molecule has 0 aromatic carbocycles. The molecule has 2 aliphatic carbocycles. The van der Waals surface area contributed by atoms with Crippen LogP contribution in [-0.4, -0.2) is 10.8 Å². The highest BCUT2D eigenvalue weighted by Gasteiger charge is 2.24. The quantitative estimate of drug-likeness (QED) is 0.526. The van der Waals surface area contributed by atoms with E-state index in [1.807, 2.05) is 0 Å². The van der Waals surface area contributed by atoms with Crippen molar-refractivity contribution in [2.75, 3.05) is 0 Å². The van der Waals surface area contributed by atoms with Crippen LogP contribution < -0.4 is 5.73 Å². The average molecular weight is 180 g/mol. The van der Waals surface area contributed by atoms with Gasteiger partial charge in [0.05, 0.1) is 10.5 Å². The van der Waals surface area contributed by atoms with Gasteiger partial charge in [0, 0.05) is 13.0 Å². The Bertz CT molecular complexity index is 370. The van der Waals surface area contributed by atoms with Crippen LogP contribution in [0.5, 0.6) is 0 Å². The van der Waals surface area contributed by atoms with Crippen LogP contribution in [0.4, 0.5) is 5.69 Å². The molecule has 0 heterocycles. The van der Waals surface area contributed by atoms with E-state index in [9.17, 15) is 14.9 Å². The molecule has 5 nitrogen and oxygen atoms in total. The largest absolute Gasteiger partial charge is 0.370 e. The highest BCUT2D eigenvalue weighted by atomic mass is 16.6. The molecule has 5 heteroatoms. The molecule has 0 bridgehead atoms. The van der Waals surface area contributed by atoms with Gasteiger partial charge in [0.1, 0.15) is 0 Å². The number of amides is 1. The summed E-state index contributed by atoms with van der Waals surface area (Å²) in [6.45, 7) is 1.31. The van der Waals surface area contributed by atoms with Crippen LogP contribution in [0, 0.1) is 10.1 Å². The normalized spacial score (nSPS) is 9.62. The standard InChI is InChI=1S/C6H3NO2.C2H5NO/c8-7(9)6-2-1-4-3-5(4)6;1-2(3)4/h1-3H;1H3,(H2,3,4). The summed E-state index contributed by atoms with van der Waals surface area (Å²) in [7, 11) is 0. The van der Waals surface area contributed by atoms with Crippen molar-refractivity contribution in [2.24, 2.45) is 5.73 Å². The zero-order valence-corrected chi connectivity index (χ0v) is 6.98. The van der Waals surface area contributed by atoms with E-state index in [1.165, 1.54) is 13.0 Å². The molecule has 0 spiro atoms. The molecule has 0 aromatic heterocycles. The van der Waals surface area contributed by atoms with Gasteiger partial charge in [-0.05, 0) is 17.7 Å². The SMILES string of the molecule is CC(N)=O.O=[N+]([O-])c1ccc2cc1-2. The number of hydrogen-bond donors (Lipinski definition) is 1. The van der Waals surface area contributed by atoms with Gasteiger partial charge >= 0.3 is 0 Å². The number of nitrogens with zero attached hydrogens (tertiary/aromatic N) is 1. The Hall–Kier alpha value is -1.91. The molecule has 0 atom stereocenters. The summed E-state index contributed by atoms with van der Waals surface area (Å²) in [6.07, 6.45) is 0. The molecule has 2 N–H and O–H groups in total. The van der Waals surface area contributed by atoms with E-state index < -0.39 is 0 Å². The van der Waals surface area contributed by atoms with Crippen molar-refractivity contribution < 1.29 is 9.72 Å². The van der Waals surface area contributed by atoms with Crippen molar-refractivity contribution in [2.45, 2.75) is 6.92 Å². The fraction of sp³-hybridized carbons (Fsp3) is 0.125. The number of benzene rings is 1. The maximum atomic E-state index is 10.1. The summed E-state index contributed by atoms with van der Waals surface area (Å²) in [5.74, 6) is -0.333. The highest BCUT2D eigenvalue weighted by Crippen LogP contribution is 2.42. The molecule has 0 saturated heterocycles. The van der Waals surface area contributed by atoms with Gasteiger partial charge < -0.3 is 5.73 Å². The number of fused-ring (bicyclic) bond motifs is 1. The molecule has 68 valence electrons. The van der Waals surface area contributed by atoms with Gasteiger partial charge in [-0.15, -0.1) is 0 Å². The molecule has 0 unspecified atom stereocenters. The van der Waals surface area contributed by atoms with E-state index >= 15 is 0 Å². The molecule has 13 heavy (non-hydrogen) atoms. The van der Waals surface area contributed by atoms with Crippen LogP contribution >= 0.6 is 0 Å². The molecule has 0 radical (unpaired) electrons. The number of carbonyl (C=O) groups is 1. The average Bonchev–Trinajstić information content (AvgIpc) is 2.60. The lowest BCUT2D eigenvalue weighted by Crippen LogP contribution is -2.01. The fourth-order valence-electron chi connectivity index (χ4n) is 0.897. The molecule has 0 aromatic rings. The van der Waals surface area contributed by atoms with Gasteiger partial charge in [-0.3, -0.25) is 14.9 Å². The van der Waals surface area contributed by atoms with E-state index in [1.54, 1.807) is 12.1 Å². The molecular formula is C8H8N2O3. The third-order valence-corrected chi connectivity index (χ3v) is 1.42. The topological polar surface area (TPSA) is 86.2 Å². The Labute approximate surface area is 74.3 Å². The Morgan fingerprint density at radius 2 is 2.08 bits per heavy atom. The van der Waals surface area contributed by atoms with E-state index in [0.717, 1.165) is 11.1 Å². The van der Waals surface area contributed by atoms with E-state index in [2.05, 4.69) is 5.73 Å². The first-order chi connectivity index (χ1) is 6.02. The first kappa shape index (κ1) is 9.18. The smallest absolute Gasteiger partial charge is 0.277 e. The van der Waals surface area contributed by atoms with E-state index in [-0.39, 0.29) is 16.5 Å². The lowest BCUT2D eigenvalue weighted by molar-refractivity contribution is -0.383. The van der Waals surface area contributed by atoms with Crippen LogP contribution in [0.2, 0.25) is 0 Å². The first-order valence-electron chi connectivity index (χ1n) is 3.57. The van der Waals surface area contributed by atoms with Crippen LogP contribution in [0.15, 0.2) is 18.2 Å². The monoisotopic (exact) mass is 180 g/mol. The minimum atomic E-state index is -0.359. The van der Waals surface area contributed by atoms with Gasteiger partial charge in [-0.2, -0.15) is 0 Å². The lowest BCUT2D eigenvalue weighted by Gasteiger charge is -1.79. The zero-order chi connectivity index (χ0) is 10.0. The minimum absolute atomic E-state index is 0.241. The Balaban J connectivity index is 0.000000184. The molecule has 1 amide bonds. The maximum absolute atomic E-state index is 10.1. The Morgan fingerprint density at radius 1 is 1.54 bits per heavy atom. The summed E-state index contributed by atoms with van der Waals surface area (Å²) in [4.78, 5) is 19.0. The van der Waals surface area contributed by atoms with Crippen LogP contribution in [0.3, 0.4) is 0 Å². The zero-order valence-electron chi connectivity index (χ0n) is 6.98. The van der Waals surface area contributed by atoms with Crippen molar-refractivity contribution in [3.63, 3.8) is 0 Å². The second-order valence-electron chi connectivity index (χ2n) is 2.60. The number of nitro benzene ring substituents is 1. The van der Waals surface area contributed by atoms with Crippen molar-refractivity contribution in [3.8, 4) is 11.1 Å². The number of nitro groups is 1. The summed E-state index contributed by atoms with van der Waals surface area (Å²) in [5.41, 5.74) is 6.53. The number of primary amides is 1. The summed E-state index contributed by atoms with van der Waals surface area (Å²) < 4.78 is 0. The molecule has 0 fully saturated rings. The molecular weight excluding hydrogens is 172 g/mol. The van der Waals surface area contributed by atoms with Gasteiger partial charge in [-0.1, -0.05) is 0 Å². The Kier molecular flexibility index (Phi) is 2.27. The van der Waals surface area contributed by atoms with E-state index in [4.69, 9.17) is 0 Å². The third kappa shape index (κ3) is 2.26. The predicted molar refractivity (Wildman–Crippen MR) is 47.0 cm³/mol.